The largest absolute Gasteiger partial charge is 0.354 e. The van der Waals surface area contributed by atoms with Crippen LogP contribution in [0.4, 0.5) is 0 Å². The van der Waals surface area contributed by atoms with Crippen molar-refractivity contribution < 1.29 is 9.59 Å². The maximum atomic E-state index is 12.3. The van der Waals surface area contributed by atoms with Gasteiger partial charge in [-0.25, -0.2) is 0 Å². The molecule has 4 atom stereocenters. The van der Waals surface area contributed by atoms with Crippen LogP contribution in [0.3, 0.4) is 0 Å². The first kappa shape index (κ1) is 14.8. The fourth-order valence-electron chi connectivity index (χ4n) is 2.84. The third-order valence-electron chi connectivity index (χ3n) is 4.04. The Labute approximate surface area is 119 Å². The highest BCUT2D eigenvalue weighted by Gasteiger charge is 2.50. The van der Waals surface area contributed by atoms with Crippen LogP contribution in [0.2, 0.25) is 0 Å². The molecule has 1 aliphatic heterocycles. The van der Waals surface area contributed by atoms with Gasteiger partial charge in [0.15, 0.2) is 0 Å². The second kappa shape index (κ2) is 5.80. The summed E-state index contributed by atoms with van der Waals surface area (Å²) in [6, 6.07) is 1.22. The number of nitrogens with one attached hydrogen (secondary N) is 1. The Bertz CT molecular complexity index is 443. The van der Waals surface area contributed by atoms with Crippen molar-refractivity contribution in [3.8, 4) is 6.07 Å². The molecule has 2 aliphatic rings. The molecule has 1 saturated carbocycles. The molecule has 0 bridgehead atoms. The summed E-state index contributed by atoms with van der Waals surface area (Å²) in [7, 11) is 0. The van der Waals surface area contributed by atoms with Gasteiger partial charge in [0.25, 0.3) is 0 Å². The first-order valence-electron chi connectivity index (χ1n) is 7.21. The summed E-state index contributed by atoms with van der Waals surface area (Å²) in [5.74, 6) is -0.439. The summed E-state index contributed by atoms with van der Waals surface area (Å²) >= 11 is 0. The van der Waals surface area contributed by atoms with Crippen LogP contribution in [0, 0.1) is 23.2 Å². The standard InChI is InChI=1S/C14H22N4O2/c1-8(2)17-13(19)11-6-10(11)12(16)14(20)18-5-3-4-9(18)7-15/h8-12H,3-6,16H2,1-2H3,(H,17,19)/t9?,10-,11-,12-/m0/s1. The molecule has 1 unspecified atom stereocenters. The number of nitriles is 1. The lowest BCUT2D eigenvalue weighted by Gasteiger charge is -2.23. The highest BCUT2D eigenvalue weighted by molar-refractivity contribution is 5.87. The van der Waals surface area contributed by atoms with Crippen LogP contribution < -0.4 is 11.1 Å². The van der Waals surface area contributed by atoms with Gasteiger partial charge in [0.1, 0.15) is 6.04 Å². The topological polar surface area (TPSA) is 99.2 Å². The molecule has 0 aromatic carbocycles. The minimum atomic E-state index is -0.660. The van der Waals surface area contributed by atoms with Crippen LogP contribution in [-0.2, 0) is 9.59 Å². The van der Waals surface area contributed by atoms with E-state index < -0.39 is 6.04 Å². The average molecular weight is 278 g/mol. The molecular formula is C14H22N4O2. The highest BCUT2D eigenvalue weighted by Crippen LogP contribution is 2.41. The van der Waals surface area contributed by atoms with Crippen molar-refractivity contribution in [3.63, 3.8) is 0 Å². The number of rotatable bonds is 4. The molecule has 0 spiro atoms. The zero-order valence-electron chi connectivity index (χ0n) is 12.0. The molecule has 2 fully saturated rings. The number of nitrogens with two attached hydrogens (primary N) is 1. The van der Waals surface area contributed by atoms with Crippen LogP contribution in [-0.4, -0.2) is 41.4 Å². The fraction of sp³-hybridized carbons (Fsp3) is 0.786. The van der Waals surface area contributed by atoms with E-state index in [1.54, 1.807) is 4.90 Å². The minimum Gasteiger partial charge on any atom is -0.354 e. The molecule has 0 aromatic heterocycles. The second-order valence-corrected chi connectivity index (χ2v) is 6.01. The average Bonchev–Trinajstić information content (AvgIpc) is 3.06. The fourth-order valence-corrected chi connectivity index (χ4v) is 2.84. The first-order valence-corrected chi connectivity index (χ1v) is 7.21. The summed E-state index contributed by atoms with van der Waals surface area (Å²) in [6.07, 6.45) is 2.23. The molecule has 0 aromatic rings. The SMILES string of the molecule is CC(C)NC(=O)[C@H]1C[C@@H]1[C@H](N)C(=O)N1CCCC1C#N. The van der Waals surface area contributed by atoms with Crippen molar-refractivity contribution in [2.45, 2.75) is 51.2 Å². The molecule has 1 saturated heterocycles. The number of carbonyl (C=O) groups is 2. The summed E-state index contributed by atoms with van der Waals surface area (Å²) < 4.78 is 0. The lowest BCUT2D eigenvalue weighted by atomic mass is 10.1. The number of hydrogen-bond donors (Lipinski definition) is 2. The normalized spacial score (nSPS) is 29.9. The molecule has 3 N–H and O–H groups in total. The van der Waals surface area contributed by atoms with Gasteiger partial charge in [0.2, 0.25) is 11.8 Å². The Kier molecular flexibility index (Phi) is 4.29. The van der Waals surface area contributed by atoms with Gasteiger partial charge in [-0.1, -0.05) is 0 Å². The van der Waals surface area contributed by atoms with Crippen LogP contribution in [0.1, 0.15) is 33.1 Å². The lowest BCUT2D eigenvalue weighted by Crippen LogP contribution is -2.47. The van der Waals surface area contributed by atoms with Crippen molar-refractivity contribution in [3.05, 3.63) is 0 Å². The van der Waals surface area contributed by atoms with Crippen LogP contribution in [0.15, 0.2) is 0 Å². The Morgan fingerprint density at radius 3 is 2.75 bits per heavy atom. The van der Waals surface area contributed by atoms with Gasteiger partial charge in [-0.3, -0.25) is 9.59 Å². The molecule has 6 nitrogen and oxygen atoms in total. The van der Waals surface area contributed by atoms with E-state index in [-0.39, 0.29) is 35.7 Å². The molecular weight excluding hydrogens is 256 g/mol. The maximum Gasteiger partial charge on any atom is 0.240 e. The van der Waals surface area contributed by atoms with Crippen LogP contribution >= 0.6 is 0 Å². The Balaban J connectivity index is 1.90. The minimum absolute atomic E-state index is 0.0218. The quantitative estimate of drug-likeness (QED) is 0.755. The van der Waals surface area contributed by atoms with Crippen molar-refractivity contribution in [1.82, 2.24) is 10.2 Å². The van der Waals surface area contributed by atoms with Gasteiger partial charge in [0, 0.05) is 18.5 Å². The highest BCUT2D eigenvalue weighted by atomic mass is 16.2. The number of carbonyl (C=O) groups excluding carboxylic acids is 2. The van der Waals surface area contributed by atoms with E-state index in [4.69, 9.17) is 11.0 Å². The van der Waals surface area contributed by atoms with Crippen molar-refractivity contribution >= 4 is 11.8 Å². The summed E-state index contributed by atoms with van der Waals surface area (Å²) in [5.41, 5.74) is 6.00. The van der Waals surface area contributed by atoms with E-state index in [0.717, 1.165) is 12.8 Å². The van der Waals surface area contributed by atoms with Gasteiger partial charge in [-0.05, 0) is 39.0 Å². The van der Waals surface area contributed by atoms with Gasteiger partial charge in [-0.15, -0.1) is 0 Å². The molecule has 1 heterocycles. The zero-order chi connectivity index (χ0) is 14.9. The van der Waals surface area contributed by atoms with Gasteiger partial charge >= 0.3 is 0 Å². The number of amides is 2. The van der Waals surface area contributed by atoms with Crippen molar-refractivity contribution in [1.29, 1.82) is 5.26 Å². The lowest BCUT2D eigenvalue weighted by molar-refractivity contribution is -0.133. The third kappa shape index (κ3) is 2.93. The third-order valence-corrected chi connectivity index (χ3v) is 4.04. The number of likely N-dealkylation sites (tertiary alicyclic amines) is 1. The van der Waals surface area contributed by atoms with Crippen molar-refractivity contribution in [2.24, 2.45) is 17.6 Å². The first-order chi connectivity index (χ1) is 9.45. The number of hydrogen-bond acceptors (Lipinski definition) is 4. The van der Waals surface area contributed by atoms with Gasteiger partial charge in [-0.2, -0.15) is 5.26 Å². The predicted octanol–water partition coefficient (Wildman–Crippen LogP) is -0.0110. The Morgan fingerprint density at radius 2 is 2.15 bits per heavy atom. The van der Waals surface area contributed by atoms with Crippen molar-refractivity contribution in [2.75, 3.05) is 6.54 Å². The second-order valence-electron chi connectivity index (χ2n) is 6.01. The summed E-state index contributed by atoms with van der Waals surface area (Å²) in [4.78, 5) is 25.7. The molecule has 20 heavy (non-hydrogen) atoms. The van der Waals surface area contributed by atoms with E-state index in [1.165, 1.54) is 0 Å². The van der Waals surface area contributed by atoms with E-state index in [0.29, 0.717) is 13.0 Å². The maximum absolute atomic E-state index is 12.3. The van der Waals surface area contributed by atoms with E-state index in [9.17, 15) is 9.59 Å². The Morgan fingerprint density at radius 1 is 1.45 bits per heavy atom. The molecule has 1 aliphatic carbocycles. The van der Waals surface area contributed by atoms with E-state index in [2.05, 4.69) is 11.4 Å². The monoisotopic (exact) mass is 278 g/mol. The summed E-state index contributed by atoms with van der Waals surface area (Å²) in [6.45, 7) is 4.41. The Hall–Kier alpha value is -1.61. The van der Waals surface area contributed by atoms with Crippen LogP contribution in [0.25, 0.3) is 0 Å². The predicted molar refractivity (Wildman–Crippen MR) is 73.2 cm³/mol. The summed E-state index contributed by atoms with van der Waals surface area (Å²) in [5, 5.41) is 11.9. The van der Waals surface area contributed by atoms with Gasteiger partial charge in [0.05, 0.1) is 12.1 Å². The van der Waals surface area contributed by atoms with E-state index >= 15 is 0 Å². The molecule has 110 valence electrons. The molecule has 0 radical (unpaired) electrons. The number of nitrogens with zero attached hydrogens (tertiary/aromatic N) is 2. The molecule has 2 rings (SSSR count). The molecule has 2 amide bonds. The molecule has 6 heteroatoms. The zero-order valence-corrected chi connectivity index (χ0v) is 12.0. The van der Waals surface area contributed by atoms with Gasteiger partial charge < -0.3 is 16.0 Å². The van der Waals surface area contributed by atoms with E-state index in [1.807, 2.05) is 13.8 Å². The van der Waals surface area contributed by atoms with Crippen LogP contribution in [0.5, 0.6) is 0 Å². The smallest absolute Gasteiger partial charge is 0.240 e.